The summed E-state index contributed by atoms with van der Waals surface area (Å²) >= 11 is 0. The van der Waals surface area contributed by atoms with Crippen LogP contribution in [0.25, 0.3) is 0 Å². The van der Waals surface area contributed by atoms with Gasteiger partial charge in [0.05, 0.1) is 6.61 Å². The molecule has 0 saturated carbocycles. The van der Waals surface area contributed by atoms with Gasteiger partial charge in [-0.25, -0.2) is 0 Å². The van der Waals surface area contributed by atoms with E-state index >= 15 is 0 Å². The average Bonchev–Trinajstić information content (AvgIpc) is 2.68. The van der Waals surface area contributed by atoms with Crippen LogP contribution in [0, 0.1) is 0 Å². The molecule has 3 aromatic carbocycles. The summed E-state index contributed by atoms with van der Waals surface area (Å²) in [4.78, 5) is 0. The maximum Gasteiger partial charge on any atom is 0.204 e. The van der Waals surface area contributed by atoms with Crippen LogP contribution in [0.4, 0.5) is 0 Å². The molecular formula is C24H26O2. The topological polar surface area (TPSA) is 18.5 Å². The van der Waals surface area contributed by atoms with Crippen molar-refractivity contribution < 1.29 is 9.47 Å². The largest absolute Gasteiger partial charge is 0.465 e. The molecule has 0 fully saturated rings. The van der Waals surface area contributed by atoms with Gasteiger partial charge in [-0.2, -0.15) is 0 Å². The van der Waals surface area contributed by atoms with Gasteiger partial charge in [-0.1, -0.05) is 86.6 Å². The second-order valence-electron chi connectivity index (χ2n) is 6.76. The molecule has 0 aliphatic heterocycles. The maximum absolute atomic E-state index is 6.15. The molecular weight excluding hydrogens is 320 g/mol. The number of hydrogen-bond acceptors (Lipinski definition) is 2. The Hall–Kier alpha value is -2.58. The molecule has 0 radical (unpaired) electrons. The fourth-order valence-corrected chi connectivity index (χ4v) is 2.79. The molecule has 0 aromatic heterocycles. The molecule has 0 N–H and O–H groups in total. The summed E-state index contributed by atoms with van der Waals surface area (Å²) in [5, 5.41) is 0. The van der Waals surface area contributed by atoms with Crippen LogP contribution < -0.4 is 4.74 Å². The van der Waals surface area contributed by atoms with Crippen molar-refractivity contribution in [2.24, 2.45) is 0 Å². The van der Waals surface area contributed by atoms with Gasteiger partial charge in [0.25, 0.3) is 0 Å². The third-order valence-electron chi connectivity index (χ3n) is 4.34. The summed E-state index contributed by atoms with van der Waals surface area (Å²) in [7, 11) is 0. The molecule has 0 heterocycles. The van der Waals surface area contributed by atoms with Crippen molar-refractivity contribution in [3.63, 3.8) is 0 Å². The second kappa shape index (κ2) is 9.21. The van der Waals surface area contributed by atoms with Gasteiger partial charge in [-0.15, -0.1) is 0 Å². The molecule has 0 aliphatic carbocycles. The lowest BCUT2D eigenvalue weighted by atomic mass is 10.0. The molecule has 134 valence electrons. The summed E-state index contributed by atoms with van der Waals surface area (Å²) in [5.41, 5.74) is 3.65. The van der Waals surface area contributed by atoms with Crippen LogP contribution in [0.3, 0.4) is 0 Å². The first kappa shape index (κ1) is 18.2. The van der Waals surface area contributed by atoms with E-state index in [4.69, 9.17) is 9.47 Å². The molecule has 0 spiro atoms. The molecule has 0 aliphatic rings. The van der Waals surface area contributed by atoms with Crippen LogP contribution in [0.15, 0.2) is 84.9 Å². The summed E-state index contributed by atoms with van der Waals surface area (Å²) < 4.78 is 12.2. The van der Waals surface area contributed by atoms with E-state index in [-0.39, 0.29) is 6.29 Å². The lowest BCUT2D eigenvalue weighted by molar-refractivity contribution is -0.0880. The van der Waals surface area contributed by atoms with Crippen molar-refractivity contribution in [2.75, 3.05) is 0 Å². The van der Waals surface area contributed by atoms with Crippen molar-refractivity contribution in [3.05, 3.63) is 102 Å². The molecule has 2 nitrogen and oxygen atoms in total. The van der Waals surface area contributed by atoms with Crippen molar-refractivity contribution >= 4 is 0 Å². The summed E-state index contributed by atoms with van der Waals surface area (Å²) in [6.45, 7) is 4.91. The van der Waals surface area contributed by atoms with Crippen molar-refractivity contribution in [3.8, 4) is 5.75 Å². The summed E-state index contributed by atoms with van der Waals surface area (Å²) in [6.07, 6.45) is 0.377. The minimum absolute atomic E-state index is 0.331. The first-order valence-corrected chi connectivity index (χ1v) is 9.17. The van der Waals surface area contributed by atoms with Crippen LogP contribution in [0.1, 0.15) is 36.5 Å². The van der Waals surface area contributed by atoms with Crippen molar-refractivity contribution in [2.45, 2.75) is 39.1 Å². The zero-order valence-corrected chi connectivity index (χ0v) is 15.5. The van der Waals surface area contributed by atoms with Crippen LogP contribution in [0.2, 0.25) is 0 Å². The van der Waals surface area contributed by atoms with Gasteiger partial charge in [-0.3, -0.25) is 0 Å². The third-order valence-corrected chi connectivity index (χ3v) is 4.34. The minimum Gasteiger partial charge on any atom is -0.465 e. The van der Waals surface area contributed by atoms with Gasteiger partial charge in [0.1, 0.15) is 5.75 Å². The van der Waals surface area contributed by atoms with E-state index in [2.05, 4.69) is 50.2 Å². The smallest absolute Gasteiger partial charge is 0.204 e. The Kier molecular flexibility index (Phi) is 6.45. The van der Waals surface area contributed by atoms with Crippen molar-refractivity contribution in [1.82, 2.24) is 0 Å². The lowest BCUT2D eigenvalue weighted by Crippen LogP contribution is -2.23. The number of benzene rings is 3. The standard InChI is InChI=1S/C24H26O2/c1-19(2)22-13-15-23(16-14-22)26-24(17-20-9-5-3-6-10-20)25-18-21-11-7-4-8-12-21/h3-16,19,24H,17-18H2,1-2H3. The molecule has 2 heteroatoms. The zero-order valence-electron chi connectivity index (χ0n) is 15.5. The zero-order chi connectivity index (χ0) is 18.2. The second-order valence-corrected chi connectivity index (χ2v) is 6.76. The minimum atomic E-state index is -0.331. The number of rotatable bonds is 8. The Morgan fingerprint density at radius 2 is 1.27 bits per heavy atom. The van der Waals surface area contributed by atoms with Gasteiger partial charge in [0.2, 0.25) is 6.29 Å². The molecule has 1 atom stereocenters. The van der Waals surface area contributed by atoms with E-state index in [0.717, 1.165) is 11.3 Å². The Labute approximate surface area is 156 Å². The summed E-state index contributed by atoms with van der Waals surface area (Å²) in [6, 6.07) is 28.8. The highest BCUT2D eigenvalue weighted by Crippen LogP contribution is 2.21. The number of ether oxygens (including phenoxy) is 2. The monoisotopic (exact) mass is 346 g/mol. The Morgan fingerprint density at radius 3 is 1.85 bits per heavy atom. The molecule has 1 unspecified atom stereocenters. The summed E-state index contributed by atoms with van der Waals surface area (Å²) in [5.74, 6) is 1.35. The van der Waals surface area contributed by atoms with Gasteiger partial charge < -0.3 is 9.47 Å². The molecule has 3 aromatic rings. The van der Waals surface area contributed by atoms with E-state index < -0.39 is 0 Å². The predicted octanol–water partition coefficient (Wildman–Crippen LogP) is 5.97. The van der Waals surface area contributed by atoms with Gasteiger partial charge >= 0.3 is 0 Å². The van der Waals surface area contributed by atoms with Crippen LogP contribution >= 0.6 is 0 Å². The van der Waals surface area contributed by atoms with Gasteiger partial charge in [0.15, 0.2) is 0 Å². The molecule has 0 saturated heterocycles. The first-order valence-electron chi connectivity index (χ1n) is 9.17. The van der Waals surface area contributed by atoms with E-state index in [0.29, 0.717) is 18.9 Å². The Morgan fingerprint density at radius 1 is 0.692 bits per heavy atom. The average molecular weight is 346 g/mol. The van der Waals surface area contributed by atoms with Crippen LogP contribution in [-0.2, 0) is 17.8 Å². The maximum atomic E-state index is 6.15. The first-order chi connectivity index (χ1) is 12.7. The van der Waals surface area contributed by atoms with E-state index in [1.54, 1.807) is 0 Å². The SMILES string of the molecule is CC(C)c1ccc(OC(Cc2ccccc2)OCc2ccccc2)cc1. The molecule has 0 amide bonds. The third kappa shape index (κ3) is 5.47. The Bertz CT molecular complexity index is 764. The van der Waals surface area contributed by atoms with E-state index in [1.165, 1.54) is 11.1 Å². The van der Waals surface area contributed by atoms with E-state index in [9.17, 15) is 0 Å². The Balaban J connectivity index is 1.69. The molecule has 26 heavy (non-hydrogen) atoms. The van der Waals surface area contributed by atoms with Gasteiger partial charge in [0, 0.05) is 6.42 Å². The fraction of sp³-hybridized carbons (Fsp3) is 0.250. The van der Waals surface area contributed by atoms with E-state index in [1.807, 2.05) is 48.5 Å². The fourth-order valence-electron chi connectivity index (χ4n) is 2.79. The lowest BCUT2D eigenvalue weighted by Gasteiger charge is -2.20. The van der Waals surface area contributed by atoms with Crippen LogP contribution in [0.5, 0.6) is 5.75 Å². The quantitative estimate of drug-likeness (QED) is 0.468. The number of hydrogen-bond donors (Lipinski definition) is 0. The van der Waals surface area contributed by atoms with Crippen LogP contribution in [-0.4, -0.2) is 6.29 Å². The highest BCUT2D eigenvalue weighted by atomic mass is 16.7. The predicted molar refractivity (Wildman–Crippen MR) is 106 cm³/mol. The highest BCUT2D eigenvalue weighted by molar-refractivity contribution is 5.29. The van der Waals surface area contributed by atoms with Gasteiger partial charge in [-0.05, 0) is 34.7 Å². The highest BCUT2D eigenvalue weighted by Gasteiger charge is 2.13. The normalized spacial score (nSPS) is 12.1. The van der Waals surface area contributed by atoms with Crippen molar-refractivity contribution in [1.29, 1.82) is 0 Å². The molecule has 3 rings (SSSR count). The molecule has 0 bridgehead atoms.